The third-order valence-corrected chi connectivity index (χ3v) is 2.30. The van der Waals surface area contributed by atoms with Gasteiger partial charge in [0, 0.05) is 5.69 Å². The van der Waals surface area contributed by atoms with Gasteiger partial charge in [0.15, 0.2) is 6.04 Å². The Bertz CT molecular complexity index is 391. The molecule has 78 valence electrons. The number of carbonyl (C=O) groups excluding carboxylic acids is 1. The molecule has 0 saturated carbocycles. The highest BCUT2D eigenvalue weighted by Crippen LogP contribution is 2.19. The number of amides is 2. The third-order valence-electron chi connectivity index (χ3n) is 2.30. The van der Waals surface area contributed by atoms with Crippen LogP contribution in [-0.2, 0) is 4.79 Å². The number of para-hydroxylation sites is 1. The molecule has 1 saturated heterocycles. The molecule has 5 heteroatoms. The predicted octanol–water partition coefficient (Wildman–Crippen LogP) is 0.669. The van der Waals surface area contributed by atoms with Gasteiger partial charge in [-0.25, -0.2) is 9.59 Å². The van der Waals surface area contributed by atoms with E-state index in [1.54, 1.807) is 24.3 Å². The van der Waals surface area contributed by atoms with Crippen LogP contribution in [0.5, 0.6) is 0 Å². The molecule has 0 bridgehead atoms. The first kappa shape index (κ1) is 9.51. The first-order valence-electron chi connectivity index (χ1n) is 4.55. The molecule has 2 amide bonds. The van der Waals surface area contributed by atoms with E-state index < -0.39 is 12.0 Å². The molecule has 15 heavy (non-hydrogen) atoms. The second-order valence-corrected chi connectivity index (χ2v) is 3.25. The van der Waals surface area contributed by atoms with E-state index >= 15 is 0 Å². The van der Waals surface area contributed by atoms with Crippen LogP contribution in [0.4, 0.5) is 10.5 Å². The lowest BCUT2D eigenvalue weighted by molar-refractivity contribution is -0.137. The monoisotopic (exact) mass is 206 g/mol. The molecule has 2 N–H and O–H groups in total. The van der Waals surface area contributed by atoms with Crippen LogP contribution in [0, 0.1) is 0 Å². The maximum absolute atomic E-state index is 11.4. The lowest BCUT2D eigenvalue weighted by Crippen LogP contribution is -2.39. The Kier molecular flexibility index (Phi) is 2.29. The van der Waals surface area contributed by atoms with E-state index in [9.17, 15) is 9.59 Å². The second kappa shape index (κ2) is 3.61. The van der Waals surface area contributed by atoms with Gasteiger partial charge in [-0.1, -0.05) is 18.2 Å². The number of aliphatic carboxylic acids is 1. The molecule has 1 aromatic carbocycles. The highest BCUT2D eigenvalue weighted by molar-refractivity contribution is 6.01. The molecule has 0 aliphatic carbocycles. The molecule has 1 aliphatic rings. The molecule has 1 fully saturated rings. The van der Waals surface area contributed by atoms with E-state index in [0.29, 0.717) is 5.69 Å². The van der Waals surface area contributed by atoms with Gasteiger partial charge in [-0.15, -0.1) is 0 Å². The minimum atomic E-state index is -1.00. The summed E-state index contributed by atoms with van der Waals surface area (Å²) >= 11 is 0. The van der Waals surface area contributed by atoms with Crippen molar-refractivity contribution in [2.24, 2.45) is 0 Å². The first-order valence-corrected chi connectivity index (χ1v) is 4.55. The number of carboxylic acids is 1. The number of hydrogen-bond acceptors (Lipinski definition) is 2. The highest BCUT2D eigenvalue weighted by atomic mass is 16.4. The second-order valence-electron chi connectivity index (χ2n) is 3.25. The Morgan fingerprint density at radius 3 is 2.67 bits per heavy atom. The number of carbonyl (C=O) groups is 2. The van der Waals surface area contributed by atoms with Gasteiger partial charge in [0.1, 0.15) is 0 Å². The van der Waals surface area contributed by atoms with E-state index in [1.165, 1.54) is 4.90 Å². The Labute approximate surface area is 86.3 Å². The minimum absolute atomic E-state index is 0.142. The molecule has 0 unspecified atom stereocenters. The third kappa shape index (κ3) is 1.63. The zero-order valence-corrected chi connectivity index (χ0v) is 7.88. The predicted molar refractivity (Wildman–Crippen MR) is 53.7 cm³/mol. The number of rotatable bonds is 2. The van der Waals surface area contributed by atoms with Crippen molar-refractivity contribution in [3.8, 4) is 0 Å². The van der Waals surface area contributed by atoms with Crippen molar-refractivity contribution in [2.45, 2.75) is 6.04 Å². The number of anilines is 1. The van der Waals surface area contributed by atoms with Gasteiger partial charge >= 0.3 is 12.0 Å². The lowest BCUT2D eigenvalue weighted by Gasteiger charge is -2.19. The molecule has 1 aliphatic heterocycles. The summed E-state index contributed by atoms with van der Waals surface area (Å²) in [6, 6.07) is 7.57. The Morgan fingerprint density at radius 2 is 2.07 bits per heavy atom. The lowest BCUT2D eigenvalue weighted by atomic mass is 10.2. The smallest absolute Gasteiger partial charge is 0.328 e. The van der Waals surface area contributed by atoms with Crippen LogP contribution < -0.4 is 10.2 Å². The quantitative estimate of drug-likeness (QED) is 0.747. The van der Waals surface area contributed by atoms with Crippen LogP contribution in [0.3, 0.4) is 0 Å². The van der Waals surface area contributed by atoms with Gasteiger partial charge in [-0.2, -0.15) is 0 Å². The van der Waals surface area contributed by atoms with Gasteiger partial charge in [0.05, 0.1) is 6.54 Å². The van der Waals surface area contributed by atoms with E-state index in [-0.39, 0.29) is 12.6 Å². The minimum Gasteiger partial charge on any atom is -0.480 e. The summed E-state index contributed by atoms with van der Waals surface area (Å²) in [4.78, 5) is 23.6. The van der Waals surface area contributed by atoms with Crippen LogP contribution in [0.2, 0.25) is 0 Å². The van der Waals surface area contributed by atoms with Crippen molar-refractivity contribution in [1.82, 2.24) is 5.32 Å². The maximum atomic E-state index is 11.4. The topological polar surface area (TPSA) is 69.6 Å². The largest absolute Gasteiger partial charge is 0.480 e. The molecule has 1 atom stereocenters. The summed E-state index contributed by atoms with van der Waals surface area (Å²) in [5.41, 5.74) is 0.597. The number of hydrogen-bond donors (Lipinski definition) is 2. The summed E-state index contributed by atoms with van der Waals surface area (Å²) in [6.45, 7) is 0.142. The number of urea groups is 1. The normalized spacial score (nSPS) is 20.1. The van der Waals surface area contributed by atoms with Gasteiger partial charge in [0.25, 0.3) is 0 Å². The van der Waals surface area contributed by atoms with Crippen molar-refractivity contribution in [3.63, 3.8) is 0 Å². The fourth-order valence-corrected chi connectivity index (χ4v) is 1.59. The zero-order chi connectivity index (χ0) is 10.8. The van der Waals surface area contributed by atoms with Crippen LogP contribution in [0.25, 0.3) is 0 Å². The molecule has 5 nitrogen and oxygen atoms in total. The van der Waals surface area contributed by atoms with Crippen LogP contribution in [0.15, 0.2) is 30.3 Å². The van der Waals surface area contributed by atoms with Crippen molar-refractivity contribution in [1.29, 1.82) is 0 Å². The standard InChI is InChI=1S/C10H10N2O3/c13-9(14)8-6-11-10(15)12(8)7-4-2-1-3-5-7/h1-5,8H,6H2,(H,11,15)(H,13,14)/t8-/m0/s1. The van der Waals surface area contributed by atoms with Gasteiger partial charge in [0.2, 0.25) is 0 Å². The number of nitrogens with zero attached hydrogens (tertiary/aromatic N) is 1. The van der Waals surface area contributed by atoms with E-state index in [4.69, 9.17) is 5.11 Å². The van der Waals surface area contributed by atoms with Crippen molar-refractivity contribution < 1.29 is 14.7 Å². The summed E-state index contributed by atoms with van der Waals surface area (Å²) in [7, 11) is 0. The van der Waals surface area contributed by atoms with Crippen molar-refractivity contribution >= 4 is 17.7 Å². The number of nitrogens with one attached hydrogen (secondary N) is 1. The molecule has 1 aromatic rings. The average molecular weight is 206 g/mol. The van der Waals surface area contributed by atoms with Gasteiger partial charge in [-0.05, 0) is 12.1 Å². The molecule has 0 spiro atoms. The molecule has 0 aromatic heterocycles. The van der Waals surface area contributed by atoms with Gasteiger partial charge in [-0.3, -0.25) is 4.90 Å². The van der Waals surface area contributed by atoms with E-state index in [1.807, 2.05) is 6.07 Å². The van der Waals surface area contributed by atoms with E-state index in [2.05, 4.69) is 5.32 Å². The average Bonchev–Trinajstić information content (AvgIpc) is 2.61. The van der Waals surface area contributed by atoms with Crippen molar-refractivity contribution in [2.75, 3.05) is 11.4 Å². The Hall–Kier alpha value is -2.04. The molecular formula is C10H10N2O3. The SMILES string of the molecule is O=C(O)[C@@H]1CNC(=O)N1c1ccccc1. The van der Waals surface area contributed by atoms with Crippen LogP contribution >= 0.6 is 0 Å². The molecule has 2 rings (SSSR count). The summed E-state index contributed by atoms with van der Waals surface area (Å²) < 4.78 is 0. The fourth-order valence-electron chi connectivity index (χ4n) is 1.59. The molecular weight excluding hydrogens is 196 g/mol. The number of benzene rings is 1. The summed E-state index contributed by atoms with van der Waals surface area (Å²) in [5.74, 6) is -1.00. The van der Waals surface area contributed by atoms with Crippen LogP contribution in [-0.4, -0.2) is 29.7 Å². The Morgan fingerprint density at radius 1 is 1.40 bits per heavy atom. The molecule has 1 heterocycles. The van der Waals surface area contributed by atoms with Gasteiger partial charge < -0.3 is 10.4 Å². The zero-order valence-electron chi connectivity index (χ0n) is 7.88. The number of carboxylic acid groups (broad SMARTS) is 1. The maximum Gasteiger partial charge on any atom is 0.328 e. The van der Waals surface area contributed by atoms with E-state index in [0.717, 1.165) is 0 Å². The van der Waals surface area contributed by atoms with Crippen LogP contribution in [0.1, 0.15) is 0 Å². The molecule has 0 radical (unpaired) electrons. The summed E-state index contributed by atoms with van der Waals surface area (Å²) in [5, 5.41) is 11.4. The Balaban J connectivity index is 2.33. The fraction of sp³-hybridized carbons (Fsp3) is 0.200. The highest BCUT2D eigenvalue weighted by Gasteiger charge is 2.36. The first-order chi connectivity index (χ1) is 7.20. The van der Waals surface area contributed by atoms with Crippen molar-refractivity contribution in [3.05, 3.63) is 30.3 Å². The summed E-state index contributed by atoms with van der Waals surface area (Å²) in [6.07, 6.45) is 0.